The Morgan fingerprint density at radius 3 is 2.46 bits per heavy atom. The molecule has 3 N–H and O–H groups in total. The van der Waals surface area contributed by atoms with Gasteiger partial charge >= 0.3 is 0 Å². The van der Waals surface area contributed by atoms with Crippen molar-refractivity contribution in [3.8, 4) is 11.3 Å². The number of benzene rings is 1. The van der Waals surface area contributed by atoms with Gasteiger partial charge in [0.15, 0.2) is 0 Å². The highest BCUT2D eigenvalue weighted by Gasteiger charge is 2.15. The average Bonchev–Trinajstić information content (AvgIpc) is 2.63. The summed E-state index contributed by atoms with van der Waals surface area (Å²) >= 11 is 5.83. The predicted molar refractivity (Wildman–Crippen MR) is 104 cm³/mol. The zero-order valence-corrected chi connectivity index (χ0v) is 15.0. The van der Waals surface area contributed by atoms with Gasteiger partial charge < -0.3 is 16.0 Å². The van der Waals surface area contributed by atoms with Crippen LogP contribution in [0, 0.1) is 11.2 Å². The number of nitrogens with zero attached hydrogens (tertiary/aromatic N) is 2. The standard InChI is InChI=1S/C19H17ClFN5/c1-11(22)18-16(23-2)9-15(12-3-5-13(21)6-4-12)26-19(18)25-14-7-8-17(20)24-10-14/h3-10,22H,1-2H3,(H2,23,25,26). The smallest absolute Gasteiger partial charge is 0.142 e. The van der Waals surface area contributed by atoms with Crippen LogP contribution in [-0.4, -0.2) is 22.7 Å². The maximum atomic E-state index is 13.2. The van der Waals surface area contributed by atoms with Crippen molar-refractivity contribution in [2.24, 2.45) is 0 Å². The van der Waals surface area contributed by atoms with E-state index in [1.807, 2.05) is 6.07 Å². The minimum Gasteiger partial charge on any atom is -0.387 e. The molecule has 0 aliphatic carbocycles. The van der Waals surface area contributed by atoms with E-state index in [2.05, 4.69) is 20.6 Å². The Labute approximate surface area is 155 Å². The molecule has 2 heterocycles. The fourth-order valence-electron chi connectivity index (χ4n) is 2.57. The van der Waals surface area contributed by atoms with Gasteiger partial charge in [-0.05, 0) is 49.4 Å². The largest absolute Gasteiger partial charge is 0.387 e. The van der Waals surface area contributed by atoms with Gasteiger partial charge in [-0.25, -0.2) is 14.4 Å². The van der Waals surface area contributed by atoms with E-state index >= 15 is 0 Å². The summed E-state index contributed by atoms with van der Waals surface area (Å²) in [6.07, 6.45) is 1.59. The Bertz CT molecular complexity index is 939. The predicted octanol–water partition coefficient (Wildman–Crippen LogP) is 5.11. The number of aromatic nitrogens is 2. The molecular weight excluding hydrogens is 353 g/mol. The van der Waals surface area contributed by atoms with E-state index in [-0.39, 0.29) is 5.82 Å². The van der Waals surface area contributed by atoms with Crippen LogP contribution in [0.2, 0.25) is 5.15 Å². The summed E-state index contributed by atoms with van der Waals surface area (Å²) in [4.78, 5) is 8.69. The van der Waals surface area contributed by atoms with Crippen LogP contribution in [-0.2, 0) is 0 Å². The molecule has 0 spiro atoms. The second kappa shape index (κ2) is 7.49. The van der Waals surface area contributed by atoms with Gasteiger partial charge in [-0.15, -0.1) is 0 Å². The number of rotatable bonds is 5. The Kier molecular flexibility index (Phi) is 5.14. The monoisotopic (exact) mass is 369 g/mol. The molecule has 0 atom stereocenters. The van der Waals surface area contributed by atoms with E-state index in [1.54, 1.807) is 44.4 Å². The quantitative estimate of drug-likeness (QED) is 0.431. The number of pyridine rings is 2. The van der Waals surface area contributed by atoms with Crippen LogP contribution in [0.3, 0.4) is 0 Å². The van der Waals surface area contributed by atoms with E-state index in [9.17, 15) is 4.39 Å². The van der Waals surface area contributed by atoms with Crippen molar-refractivity contribution in [2.45, 2.75) is 6.92 Å². The summed E-state index contributed by atoms with van der Waals surface area (Å²) in [7, 11) is 1.78. The third-order valence-electron chi connectivity index (χ3n) is 3.79. The molecule has 0 fully saturated rings. The molecule has 0 aliphatic heterocycles. The molecule has 3 aromatic rings. The molecule has 1 aromatic carbocycles. The Hall–Kier alpha value is -2.99. The van der Waals surface area contributed by atoms with Gasteiger partial charge in [-0.3, -0.25) is 0 Å². The van der Waals surface area contributed by atoms with Gasteiger partial charge in [0, 0.05) is 24.0 Å². The highest BCUT2D eigenvalue weighted by molar-refractivity contribution is 6.29. The summed E-state index contributed by atoms with van der Waals surface area (Å²) in [6, 6.07) is 11.4. The SMILES string of the molecule is CNc1cc(-c2ccc(F)cc2)nc(Nc2ccc(Cl)nc2)c1C(C)=N. The van der Waals surface area contributed by atoms with Gasteiger partial charge in [-0.1, -0.05) is 11.6 Å². The molecule has 26 heavy (non-hydrogen) atoms. The van der Waals surface area contributed by atoms with Crippen molar-refractivity contribution in [2.75, 3.05) is 17.7 Å². The highest BCUT2D eigenvalue weighted by atomic mass is 35.5. The fourth-order valence-corrected chi connectivity index (χ4v) is 2.68. The molecule has 5 nitrogen and oxygen atoms in total. The molecule has 132 valence electrons. The van der Waals surface area contributed by atoms with Gasteiger partial charge in [0.05, 0.1) is 23.1 Å². The van der Waals surface area contributed by atoms with Crippen LogP contribution >= 0.6 is 11.6 Å². The van der Waals surface area contributed by atoms with Crippen molar-refractivity contribution in [1.82, 2.24) is 9.97 Å². The summed E-state index contributed by atoms with van der Waals surface area (Å²) in [6.45, 7) is 1.70. The van der Waals surface area contributed by atoms with Crippen molar-refractivity contribution in [3.63, 3.8) is 0 Å². The first-order valence-electron chi connectivity index (χ1n) is 7.91. The number of anilines is 3. The zero-order valence-electron chi connectivity index (χ0n) is 14.3. The molecule has 0 unspecified atom stereocenters. The number of nitrogens with one attached hydrogen (secondary N) is 3. The summed E-state index contributed by atoms with van der Waals surface area (Å²) in [5.41, 5.74) is 3.88. The van der Waals surface area contributed by atoms with Gasteiger partial charge in [-0.2, -0.15) is 0 Å². The first kappa shape index (κ1) is 17.8. The minimum atomic E-state index is -0.305. The Morgan fingerprint density at radius 1 is 1.15 bits per heavy atom. The Morgan fingerprint density at radius 2 is 1.88 bits per heavy atom. The molecule has 0 aliphatic rings. The van der Waals surface area contributed by atoms with Crippen molar-refractivity contribution in [3.05, 3.63) is 65.2 Å². The lowest BCUT2D eigenvalue weighted by molar-refractivity contribution is 0.628. The molecule has 0 amide bonds. The number of hydrogen-bond donors (Lipinski definition) is 3. The molecule has 7 heteroatoms. The molecule has 0 bridgehead atoms. The summed E-state index contributed by atoms with van der Waals surface area (Å²) in [5.74, 6) is 0.202. The summed E-state index contributed by atoms with van der Waals surface area (Å²) < 4.78 is 13.2. The molecule has 3 rings (SSSR count). The molecular formula is C19H17ClFN5. The molecule has 0 radical (unpaired) electrons. The lowest BCUT2D eigenvalue weighted by Crippen LogP contribution is -2.08. The van der Waals surface area contributed by atoms with Gasteiger partial charge in [0.1, 0.15) is 16.8 Å². The van der Waals surface area contributed by atoms with Crippen molar-refractivity contribution >= 4 is 34.5 Å². The molecule has 0 saturated carbocycles. The van der Waals surface area contributed by atoms with Crippen LogP contribution in [0.5, 0.6) is 0 Å². The highest BCUT2D eigenvalue weighted by Crippen LogP contribution is 2.31. The van der Waals surface area contributed by atoms with Gasteiger partial charge in [0.25, 0.3) is 0 Å². The second-order valence-electron chi connectivity index (χ2n) is 5.66. The van der Waals surface area contributed by atoms with E-state index in [1.165, 1.54) is 12.1 Å². The summed E-state index contributed by atoms with van der Waals surface area (Å²) in [5, 5.41) is 14.8. The van der Waals surface area contributed by atoms with Crippen LogP contribution in [0.4, 0.5) is 21.6 Å². The van der Waals surface area contributed by atoms with Crippen molar-refractivity contribution in [1.29, 1.82) is 5.41 Å². The van der Waals surface area contributed by atoms with E-state index in [0.29, 0.717) is 33.6 Å². The normalized spacial score (nSPS) is 10.5. The van der Waals surface area contributed by atoms with E-state index < -0.39 is 0 Å². The third-order valence-corrected chi connectivity index (χ3v) is 4.02. The van der Waals surface area contributed by atoms with Crippen molar-refractivity contribution < 1.29 is 4.39 Å². The van der Waals surface area contributed by atoms with Crippen LogP contribution < -0.4 is 10.6 Å². The number of hydrogen-bond acceptors (Lipinski definition) is 5. The fraction of sp³-hybridized carbons (Fsp3) is 0.105. The van der Waals surface area contributed by atoms with Crippen LogP contribution in [0.1, 0.15) is 12.5 Å². The minimum absolute atomic E-state index is 0.305. The first-order chi connectivity index (χ1) is 12.5. The third kappa shape index (κ3) is 3.81. The maximum Gasteiger partial charge on any atom is 0.142 e. The van der Waals surface area contributed by atoms with E-state index in [4.69, 9.17) is 17.0 Å². The van der Waals surface area contributed by atoms with Gasteiger partial charge in [0.2, 0.25) is 0 Å². The lowest BCUT2D eigenvalue weighted by atomic mass is 10.1. The topological polar surface area (TPSA) is 73.7 Å². The van der Waals surface area contributed by atoms with E-state index in [0.717, 1.165) is 11.3 Å². The van der Waals surface area contributed by atoms with Crippen LogP contribution in [0.25, 0.3) is 11.3 Å². The molecule has 0 saturated heterocycles. The zero-order chi connectivity index (χ0) is 18.7. The number of halogens is 2. The maximum absolute atomic E-state index is 13.2. The average molecular weight is 370 g/mol. The second-order valence-corrected chi connectivity index (χ2v) is 6.04. The molecule has 2 aromatic heterocycles. The first-order valence-corrected chi connectivity index (χ1v) is 8.28. The van der Waals surface area contributed by atoms with Crippen LogP contribution in [0.15, 0.2) is 48.7 Å². The lowest BCUT2D eigenvalue weighted by Gasteiger charge is -2.17. The Balaban J connectivity index is 2.12.